The summed E-state index contributed by atoms with van der Waals surface area (Å²) < 4.78 is 16.7. The van der Waals surface area contributed by atoms with Crippen molar-refractivity contribution in [3.05, 3.63) is 198 Å². The van der Waals surface area contributed by atoms with Gasteiger partial charge in [-0.15, -0.1) is 0 Å². The molecule has 0 atom stereocenters. The zero-order chi connectivity index (χ0) is 37.3. The van der Waals surface area contributed by atoms with E-state index in [0.29, 0.717) is 0 Å². The molecule has 1 aliphatic rings. The van der Waals surface area contributed by atoms with Crippen LogP contribution >= 0.6 is 0 Å². The molecule has 55 heavy (non-hydrogen) atoms. The maximum atomic E-state index is 14.7. The van der Waals surface area contributed by atoms with E-state index >= 15 is 0 Å². The lowest BCUT2D eigenvalue weighted by atomic mass is 9.82. The largest absolute Gasteiger partial charge is 0.310 e. The van der Waals surface area contributed by atoms with Crippen LogP contribution in [0.5, 0.6) is 0 Å². The Labute approximate surface area is 320 Å². The van der Waals surface area contributed by atoms with Crippen molar-refractivity contribution in [1.29, 1.82) is 0 Å². The van der Waals surface area contributed by atoms with Crippen molar-refractivity contribution >= 4 is 33.4 Å². The van der Waals surface area contributed by atoms with E-state index in [-0.39, 0.29) is 11.2 Å². The molecule has 0 aliphatic heterocycles. The number of rotatable bonds is 6. The van der Waals surface area contributed by atoms with Gasteiger partial charge in [0.05, 0.1) is 16.9 Å². The molecule has 2 aromatic heterocycles. The normalized spacial score (nSPS) is 12.9. The van der Waals surface area contributed by atoms with Gasteiger partial charge in [0, 0.05) is 44.6 Å². The van der Waals surface area contributed by atoms with Crippen molar-refractivity contribution < 1.29 is 4.39 Å². The second kappa shape index (κ2) is 12.7. The number of pyridine rings is 1. The van der Waals surface area contributed by atoms with Gasteiger partial charge in [0.1, 0.15) is 5.82 Å². The molecule has 0 fully saturated rings. The van der Waals surface area contributed by atoms with Gasteiger partial charge in [-0.1, -0.05) is 135 Å². The van der Waals surface area contributed by atoms with E-state index < -0.39 is 0 Å². The summed E-state index contributed by atoms with van der Waals surface area (Å²) >= 11 is 0. The van der Waals surface area contributed by atoms with Crippen LogP contribution in [0.25, 0.3) is 61.1 Å². The molecular formula is C51H38FN3. The summed E-state index contributed by atoms with van der Waals surface area (Å²) in [5.74, 6) is -0.260. The number of hydrogen-bond donors (Lipinski definition) is 0. The van der Waals surface area contributed by atoms with Crippen LogP contribution in [0.1, 0.15) is 30.5 Å². The van der Waals surface area contributed by atoms with Gasteiger partial charge in [-0.05, 0) is 100 Å². The lowest BCUT2D eigenvalue weighted by molar-refractivity contribution is 0.630. The number of halogens is 1. The Morgan fingerprint density at radius 1 is 0.527 bits per heavy atom. The van der Waals surface area contributed by atoms with Crippen molar-refractivity contribution in [3.63, 3.8) is 0 Å². The summed E-state index contributed by atoms with van der Waals surface area (Å²) in [7, 11) is 0. The Bertz CT molecular complexity index is 2890. The highest BCUT2D eigenvalue weighted by atomic mass is 19.1. The first-order valence-electron chi connectivity index (χ1n) is 18.8. The zero-order valence-electron chi connectivity index (χ0n) is 31.0. The highest BCUT2D eigenvalue weighted by Crippen LogP contribution is 2.50. The van der Waals surface area contributed by atoms with E-state index in [2.05, 4.69) is 165 Å². The van der Waals surface area contributed by atoms with E-state index in [4.69, 9.17) is 5.10 Å². The molecule has 0 amide bonds. The third-order valence-corrected chi connectivity index (χ3v) is 11.4. The molecule has 0 radical (unpaired) electrons. The van der Waals surface area contributed by atoms with Gasteiger partial charge in [0.25, 0.3) is 0 Å². The lowest BCUT2D eigenvalue weighted by Crippen LogP contribution is -2.15. The fraction of sp³-hybridized carbons (Fsp3) is 0.0784. The number of hydrogen-bond acceptors (Lipinski definition) is 2. The third kappa shape index (κ3) is 5.36. The first-order chi connectivity index (χ1) is 26.8. The van der Waals surface area contributed by atoms with Crippen LogP contribution in [0.3, 0.4) is 0 Å². The summed E-state index contributed by atoms with van der Waals surface area (Å²) in [6, 6.07) is 61.1. The van der Waals surface area contributed by atoms with E-state index in [9.17, 15) is 4.39 Å². The third-order valence-electron chi connectivity index (χ3n) is 11.4. The van der Waals surface area contributed by atoms with Crippen LogP contribution in [0.15, 0.2) is 176 Å². The van der Waals surface area contributed by atoms with Crippen LogP contribution in [0.4, 0.5) is 21.5 Å². The van der Waals surface area contributed by atoms with Gasteiger partial charge < -0.3 is 4.90 Å². The van der Waals surface area contributed by atoms with Crippen molar-refractivity contribution in [1.82, 2.24) is 9.61 Å². The molecule has 1 aliphatic carbocycles. The van der Waals surface area contributed by atoms with Crippen LogP contribution in [0.2, 0.25) is 0 Å². The monoisotopic (exact) mass is 711 g/mol. The standard InChI is InChI=1S/C51H38FN3/c1-33-49(53-55-48(36-14-8-5-9-15-36)30-38-18-23-39(52)31-44(38)50(33)55)37-21-26-41(27-22-37)54(40-24-19-35(20-25-40)34-12-6-4-7-13-34)42-28-29-47-45(32-42)43-16-10-11-17-46(43)51(47,2)3/h4-32H,1-3H3. The van der Waals surface area contributed by atoms with E-state index in [0.717, 1.165) is 61.4 Å². The molecule has 264 valence electrons. The van der Waals surface area contributed by atoms with Gasteiger partial charge in [-0.3, -0.25) is 0 Å². The topological polar surface area (TPSA) is 20.5 Å². The maximum absolute atomic E-state index is 14.7. The van der Waals surface area contributed by atoms with Gasteiger partial charge in [0.2, 0.25) is 0 Å². The van der Waals surface area contributed by atoms with E-state index in [1.165, 1.54) is 39.4 Å². The Balaban J connectivity index is 1.11. The molecule has 0 saturated heterocycles. The molecule has 0 spiro atoms. The number of nitrogens with zero attached hydrogens (tertiary/aromatic N) is 3. The minimum Gasteiger partial charge on any atom is -0.310 e. The molecule has 0 N–H and O–H groups in total. The van der Waals surface area contributed by atoms with Gasteiger partial charge in [0.15, 0.2) is 0 Å². The van der Waals surface area contributed by atoms with Crippen LogP contribution < -0.4 is 4.90 Å². The fourth-order valence-corrected chi connectivity index (χ4v) is 8.64. The average Bonchev–Trinajstić information content (AvgIpc) is 3.69. The van der Waals surface area contributed by atoms with Crippen LogP contribution in [-0.2, 0) is 5.41 Å². The highest BCUT2D eigenvalue weighted by molar-refractivity contribution is 6.01. The van der Waals surface area contributed by atoms with Crippen molar-refractivity contribution in [2.45, 2.75) is 26.2 Å². The second-order valence-corrected chi connectivity index (χ2v) is 15.1. The SMILES string of the molecule is Cc1c(-c2ccc(N(c3ccc(-c4ccccc4)cc3)c3ccc4c(c3)-c3ccccc3C4(C)C)cc2)nn2c(-c3ccccc3)cc3ccc(F)cc3c12. The Kier molecular flexibility index (Phi) is 7.57. The fourth-order valence-electron chi connectivity index (χ4n) is 8.64. The number of aromatic nitrogens is 2. The molecular weight excluding hydrogens is 674 g/mol. The Morgan fingerprint density at radius 2 is 1.11 bits per heavy atom. The molecule has 0 saturated carbocycles. The molecule has 10 rings (SSSR count). The minimum atomic E-state index is -0.260. The summed E-state index contributed by atoms with van der Waals surface area (Å²) in [6.07, 6.45) is 0. The second-order valence-electron chi connectivity index (χ2n) is 15.1. The van der Waals surface area contributed by atoms with Gasteiger partial charge in [-0.2, -0.15) is 5.10 Å². The predicted octanol–water partition coefficient (Wildman–Crippen LogP) is 13.7. The molecule has 7 aromatic carbocycles. The molecule has 0 bridgehead atoms. The quantitative estimate of drug-likeness (QED) is 0.171. The molecule has 9 aromatic rings. The average molecular weight is 712 g/mol. The van der Waals surface area contributed by atoms with E-state index in [1.807, 2.05) is 28.8 Å². The first kappa shape index (κ1) is 32.8. The number of anilines is 3. The summed E-state index contributed by atoms with van der Waals surface area (Å²) in [5.41, 5.74) is 16.6. The summed E-state index contributed by atoms with van der Waals surface area (Å²) in [6.45, 7) is 6.73. The molecule has 4 heteroatoms. The lowest BCUT2D eigenvalue weighted by Gasteiger charge is -2.27. The summed E-state index contributed by atoms with van der Waals surface area (Å²) in [5, 5.41) is 7.05. The summed E-state index contributed by atoms with van der Waals surface area (Å²) in [4.78, 5) is 2.34. The molecule has 2 heterocycles. The van der Waals surface area contributed by atoms with E-state index in [1.54, 1.807) is 6.07 Å². The smallest absolute Gasteiger partial charge is 0.123 e. The Morgan fingerprint density at radius 3 is 1.82 bits per heavy atom. The van der Waals surface area contributed by atoms with Crippen LogP contribution in [0, 0.1) is 12.7 Å². The predicted molar refractivity (Wildman–Crippen MR) is 226 cm³/mol. The minimum absolute atomic E-state index is 0.0717. The maximum Gasteiger partial charge on any atom is 0.123 e. The number of benzene rings is 7. The van der Waals surface area contributed by atoms with Crippen molar-refractivity contribution in [2.24, 2.45) is 0 Å². The highest BCUT2D eigenvalue weighted by Gasteiger charge is 2.35. The van der Waals surface area contributed by atoms with Crippen molar-refractivity contribution in [3.8, 4) is 44.8 Å². The Hall–Kier alpha value is -6.78. The number of fused-ring (bicyclic) bond motifs is 6. The number of aryl methyl sites for hydroxylation is 1. The molecule has 0 unspecified atom stereocenters. The van der Waals surface area contributed by atoms with Gasteiger partial charge >= 0.3 is 0 Å². The zero-order valence-corrected chi connectivity index (χ0v) is 31.0. The molecule has 3 nitrogen and oxygen atoms in total. The van der Waals surface area contributed by atoms with Crippen LogP contribution in [-0.4, -0.2) is 9.61 Å². The van der Waals surface area contributed by atoms with Gasteiger partial charge in [-0.25, -0.2) is 8.91 Å². The first-order valence-corrected chi connectivity index (χ1v) is 18.8. The van der Waals surface area contributed by atoms with Crippen molar-refractivity contribution in [2.75, 3.05) is 4.90 Å².